The van der Waals surface area contributed by atoms with Gasteiger partial charge in [0.1, 0.15) is 0 Å². The predicted molar refractivity (Wildman–Crippen MR) is 91.2 cm³/mol. The largest absolute Gasteiger partial charge is 0.350 e. The topological polar surface area (TPSA) is 55.1 Å². The third-order valence-corrected chi connectivity index (χ3v) is 3.96. The second-order valence-corrected chi connectivity index (χ2v) is 6.02. The molecule has 0 aliphatic heterocycles. The Labute approximate surface area is 136 Å². The van der Waals surface area contributed by atoms with Crippen molar-refractivity contribution in [2.75, 3.05) is 6.54 Å². The average Bonchev–Trinajstić information content (AvgIpc) is 2.52. The first-order chi connectivity index (χ1) is 10.5. The number of amides is 1. The van der Waals surface area contributed by atoms with Gasteiger partial charge in [-0.2, -0.15) is 0 Å². The Morgan fingerprint density at radius 1 is 1.09 bits per heavy atom. The molecule has 0 aliphatic rings. The van der Waals surface area contributed by atoms with Crippen LogP contribution in [0.5, 0.6) is 0 Å². The molecule has 0 heterocycles. The monoisotopic (exact) mass is 316 g/mol. The highest BCUT2D eigenvalue weighted by Crippen LogP contribution is 2.18. The fraction of sp³-hybridized carbons (Fsp3) is 0.278. The molecule has 0 fully saturated rings. The van der Waals surface area contributed by atoms with Crippen molar-refractivity contribution in [2.24, 2.45) is 5.73 Å². The molecule has 0 saturated carbocycles. The molecule has 1 amide bonds. The first kappa shape index (κ1) is 16.5. The minimum atomic E-state index is -0.243. The lowest BCUT2D eigenvalue weighted by molar-refractivity contribution is 0.0951. The highest BCUT2D eigenvalue weighted by molar-refractivity contribution is 6.33. The molecule has 4 heteroatoms. The summed E-state index contributed by atoms with van der Waals surface area (Å²) in [5.74, 6) is 0.282. The fourth-order valence-electron chi connectivity index (χ4n) is 2.19. The summed E-state index contributed by atoms with van der Waals surface area (Å²) in [6, 6.07) is 14.9. The standard InChI is InChI=1S/C18H21ClN2O/c1-12(2)13-7-9-14(10-8-13)17(20)11-21-18(22)15-5-3-4-6-16(15)19/h3-10,12,17H,11,20H2,1-2H3,(H,21,22). The van der Waals surface area contributed by atoms with Crippen LogP contribution in [-0.4, -0.2) is 12.5 Å². The van der Waals surface area contributed by atoms with E-state index >= 15 is 0 Å². The van der Waals surface area contributed by atoms with E-state index in [9.17, 15) is 4.79 Å². The van der Waals surface area contributed by atoms with E-state index in [-0.39, 0.29) is 11.9 Å². The normalized spacial score (nSPS) is 12.2. The number of carbonyl (C=O) groups excluding carboxylic acids is 1. The molecule has 22 heavy (non-hydrogen) atoms. The molecule has 0 bridgehead atoms. The lowest BCUT2D eigenvalue weighted by Gasteiger charge is -2.15. The maximum atomic E-state index is 12.1. The molecule has 1 atom stereocenters. The smallest absolute Gasteiger partial charge is 0.252 e. The number of nitrogens with two attached hydrogens (primary N) is 1. The third-order valence-electron chi connectivity index (χ3n) is 3.63. The predicted octanol–water partition coefficient (Wildman–Crippen LogP) is 3.89. The summed E-state index contributed by atoms with van der Waals surface area (Å²) in [7, 11) is 0. The summed E-state index contributed by atoms with van der Waals surface area (Å²) >= 11 is 6.01. The van der Waals surface area contributed by atoms with Crippen LogP contribution in [0.1, 0.15) is 47.3 Å². The van der Waals surface area contributed by atoms with Crippen molar-refractivity contribution in [3.8, 4) is 0 Å². The molecule has 0 spiro atoms. The molecule has 116 valence electrons. The van der Waals surface area contributed by atoms with Crippen LogP contribution < -0.4 is 11.1 Å². The van der Waals surface area contributed by atoms with Crippen LogP contribution in [0.2, 0.25) is 5.02 Å². The quantitative estimate of drug-likeness (QED) is 0.879. The highest BCUT2D eigenvalue weighted by atomic mass is 35.5. The van der Waals surface area contributed by atoms with Gasteiger partial charge in [0.05, 0.1) is 10.6 Å². The van der Waals surface area contributed by atoms with Gasteiger partial charge in [-0.15, -0.1) is 0 Å². The van der Waals surface area contributed by atoms with Gasteiger partial charge in [0, 0.05) is 12.6 Å². The van der Waals surface area contributed by atoms with Crippen molar-refractivity contribution in [2.45, 2.75) is 25.8 Å². The lowest BCUT2D eigenvalue weighted by Crippen LogP contribution is -2.32. The maximum absolute atomic E-state index is 12.1. The maximum Gasteiger partial charge on any atom is 0.252 e. The second-order valence-electron chi connectivity index (χ2n) is 5.62. The second kappa shape index (κ2) is 7.43. The average molecular weight is 317 g/mol. The molecule has 0 radical (unpaired) electrons. The number of benzene rings is 2. The molecule has 2 aromatic carbocycles. The minimum Gasteiger partial charge on any atom is -0.350 e. The SMILES string of the molecule is CC(C)c1ccc(C(N)CNC(=O)c2ccccc2Cl)cc1. The van der Waals surface area contributed by atoms with E-state index in [2.05, 4.69) is 31.3 Å². The molecular formula is C18H21ClN2O. The molecule has 1 unspecified atom stereocenters. The number of carbonyl (C=O) groups is 1. The van der Waals surface area contributed by atoms with Gasteiger partial charge >= 0.3 is 0 Å². The van der Waals surface area contributed by atoms with E-state index in [0.29, 0.717) is 23.0 Å². The lowest BCUT2D eigenvalue weighted by atomic mass is 9.99. The van der Waals surface area contributed by atoms with Crippen molar-refractivity contribution in [1.29, 1.82) is 0 Å². The van der Waals surface area contributed by atoms with Crippen molar-refractivity contribution in [3.63, 3.8) is 0 Å². The molecule has 0 saturated heterocycles. The Morgan fingerprint density at radius 3 is 2.27 bits per heavy atom. The molecule has 2 rings (SSSR count). The summed E-state index contributed by atoms with van der Waals surface area (Å²) in [6.45, 7) is 4.67. The van der Waals surface area contributed by atoms with Gasteiger partial charge in [-0.05, 0) is 29.2 Å². The molecule has 0 aliphatic carbocycles. The van der Waals surface area contributed by atoms with Crippen molar-refractivity contribution in [1.82, 2.24) is 5.32 Å². The Balaban J connectivity index is 1.96. The third kappa shape index (κ3) is 4.09. The molecule has 3 N–H and O–H groups in total. The Bertz CT molecular complexity index is 638. The van der Waals surface area contributed by atoms with Gasteiger partial charge in [-0.3, -0.25) is 4.79 Å². The van der Waals surface area contributed by atoms with Gasteiger partial charge in [-0.1, -0.05) is 61.8 Å². The zero-order chi connectivity index (χ0) is 16.1. The number of hydrogen-bond acceptors (Lipinski definition) is 2. The number of halogens is 1. The van der Waals surface area contributed by atoms with Crippen LogP contribution in [0, 0.1) is 0 Å². The summed E-state index contributed by atoms with van der Waals surface area (Å²) in [5.41, 5.74) is 8.88. The Morgan fingerprint density at radius 2 is 1.68 bits per heavy atom. The number of rotatable bonds is 5. The highest BCUT2D eigenvalue weighted by Gasteiger charge is 2.12. The molecule has 2 aromatic rings. The zero-order valence-electron chi connectivity index (χ0n) is 12.8. The first-order valence-corrected chi connectivity index (χ1v) is 7.75. The fourth-order valence-corrected chi connectivity index (χ4v) is 2.41. The van der Waals surface area contributed by atoms with E-state index < -0.39 is 0 Å². The van der Waals surface area contributed by atoms with E-state index in [4.69, 9.17) is 17.3 Å². The van der Waals surface area contributed by atoms with Crippen molar-refractivity contribution >= 4 is 17.5 Å². The molecule has 3 nitrogen and oxygen atoms in total. The van der Waals surface area contributed by atoms with Gasteiger partial charge in [0.2, 0.25) is 0 Å². The van der Waals surface area contributed by atoms with Crippen molar-refractivity contribution in [3.05, 3.63) is 70.2 Å². The van der Waals surface area contributed by atoms with Crippen LogP contribution in [0.25, 0.3) is 0 Å². The minimum absolute atomic E-state index is 0.208. The zero-order valence-corrected chi connectivity index (χ0v) is 13.6. The van der Waals surface area contributed by atoms with Crippen LogP contribution in [0.4, 0.5) is 0 Å². The summed E-state index contributed by atoms with van der Waals surface area (Å²) in [6.07, 6.45) is 0. The molecular weight excluding hydrogens is 296 g/mol. The summed E-state index contributed by atoms with van der Waals surface area (Å²) in [4.78, 5) is 12.1. The van der Waals surface area contributed by atoms with Crippen LogP contribution in [0.3, 0.4) is 0 Å². The van der Waals surface area contributed by atoms with Crippen LogP contribution >= 0.6 is 11.6 Å². The van der Waals surface area contributed by atoms with Gasteiger partial charge in [-0.25, -0.2) is 0 Å². The van der Waals surface area contributed by atoms with E-state index in [1.165, 1.54) is 5.56 Å². The Kier molecular flexibility index (Phi) is 5.58. The number of nitrogens with one attached hydrogen (secondary N) is 1. The Hall–Kier alpha value is -1.84. The summed E-state index contributed by atoms with van der Waals surface area (Å²) in [5, 5.41) is 3.27. The van der Waals surface area contributed by atoms with E-state index in [1.807, 2.05) is 12.1 Å². The van der Waals surface area contributed by atoms with Gasteiger partial charge in [0.15, 0.2) is 0 Å². The summed E-state index contributed by atoms with van der Waals surface area (Å²) < 4.78 is 0. The van der Waals surface area contributed by atoms with Crippen LogP contribution in [-0.2, 0) is 0 Å². The first-order valence-electron chi connectivity index (χ1n) is 7.37. The van der Waals surface area contributed by atoms with E-state index in [0.717, 1.165) is 5.56 Å². The van der Waals surface area contributed by atoms with Gasteiger partial charge in [0.25, 0.3) is 5.91 Å². The van der Waals surface area contributed by atoms with Gasteiger partial charge < -0.3 is 11.1 Å². The van der Waals surface area contributed by atoms with E-state index in [1.54, 1.807) is 24.3 Å². The van der Waals surface area contributed by atoms with Crippen molar-refractivity contribution < 1.29 is 4.79 Å². The number of hydrogen-bond donors (Lipinski definition) is 2. The van der Waals surface area contributed by atoms with Crippen LogP contribution in [0.15, 0.2) is 48.5 Å². The molecule has 0 aromatic heterocycles.